The monoisotopic (exact) mass is 2640 g/mol. The van der Waals surface area contributed by atoms with Crippen molar-refractivity contribution in [1.29, 1.82) is 0 Å². The van der Waals surface area contributed by atoms with Crippen LogP contribution < -0.4 is 62.8 Å². The van der Waals surface area contributed by atoms with Crippen LogP contribution in [-0.4, -0.2) is 85.4 Å². The number of para-hydroxylation sites is 3. The van der Waals surface area contributed by atoms with Gasteiger partial charge in [-0.2, -0.15) is 0 Å². The molecule has 0 saturated heterocycles. The quantitative estimate of drug-likeness (QED) is 0.104. The molecule has 4 atom stereocenters. The van der Waals surface area contributed by atoms with E-state index in [-0.39, 0.29) is 84.3 Å². The van der Waals surface area contributed by atoms with E-state index in [2.05, 4.69) is 350 Å². The van der Waals surface area contributed by atoms with Crippen LogP contribution in [0.3, 0.4) is 0 Å². The smallest absolute Gasteiger partial charge is 0.573 e. The number of nitrogens with zero attached hydrogens (tertiary/aromatic N) is 16. The van der Waals surface area contributed by atoms with E-state index < -0.39 is 31.7 Å². The summed E-state index contributed by atoms with van der Waals surface area (Å²) in [6, 6.07) is 117. The summed E-state index contributed by atoms with van der Waals surface area (Å²) in [5.74, 6) is 3.62. The van der Waals surface area contributed by atoms with Crippen molar-refractivity contribution in [3.63, 3.8) is 0 Å². The minimum atomic E-state index is -1.10. The molecular formula is C119H98N16Os4P4+4. The summed E-state index contributed by atoms with van der Waals surface area (Å²) in [6.45, 7) is 26.7. The van der Waals surface area contributed by atoms with E-state index in [9.17, 15) is 0 Å². The second-order valence-electron chi connectivity index (χ2n) is 37.7. The van der Waals surface area contributed by atoms with E-state index in [1.54, 1.807) is 0 Å². The predicted octanol–water partition coefficient (Wildman–Crippen LogP) is 23.3. The maximum atomic E-state index is 5.30. The summed E-state index contributed by atoms with van der Waals surface area (Å²) >= 11 is 0. The molecule has 0 amide bonds. The number of rotatable bonds is 12. The van der Waals surface area contributed by atoms with Crippen molar-refractivity contribution in [2.45, 2.75) is 73.9 Å². The number of aromatic nitrogens is 16. The minimum absolute atomic E-state index is 0. The van der Waals surface area contributed by atoms with Gasteiger partial charge < -0.3 is 40.8 Å². The third-order valence-corrected chi connectivity index (χ3v) is 38.2. The molecule has 8 aromatic heterocycles. The van der Waals surface area contributed by atoms with Crippen molar-refractivity contribution >= 4 is 118 Å². The van der Waals surface area contributed by atoms with Gasteiger partial charge >= 0.3 is 79.2 Å². The Kier molecular flexibility index (Phi) is 28.7. The SMILES string of the molecule is Cc1cc(-c2nc(-c3cccc4c3[PH+](C)c3ccccc3-4)nc3cc(CC(C)C)ccc23)[n-]n1.Cc1cc(-c2nc(-c3cccc4c3[PH+](C)c3ccccc3-4)nc3ccccc23)[n-]n1.Cc1n[n-]c(-c2nc(-c3cccc4c3[PH+](C(C)(C)C)c3ccccc3-4)nc3ccccc23)c1-c1ccccc1.Cc1n[n-]c(-c2nc(-c3cccc4c3[PH+](C)c3ccccc3-4)nc3ccccc23)c1-c1ccccc1.[Os+].[Os+].[Os+].[Os+]. The van der Waals surface area contributed by atoms with Crippen molar-refractivity contribution in [1.82, 2.24) is 80.7 Å². The molecule has 0 bridgehead atoms. The molecule has 0 saturated carbocycles. The Morgan fingerprint density at radius 2 is 0.573 bits per heavy atom. The zero-order chi connectivity index (χ0) is 94.6. The fourth-order valence-corrected chi connectivity index (χ4v) is 31.9. The second kappa shape index (κ2) is 41.3. The summed E-state index contributed by atoms with van der Waals surface area (Å²) in [7, 11) is -3.82. The number of aryl methyl sites for hydroxylation is 4. The molecule has 0 aliphatic carbocycles. The fraction of sp³-hybridized carbons (Fsp3) is 0.126. The first-order valence-corrected chi connectivity index (χ1v) is 54.8. The Morgan fingerprint density at radius 3 is 0.944 bits per heavy atom. The number of fused-ring (bicyclic) bond motifs is 16. The molecule has 0 N–H and O–H groups in total. The molecule has 16 nitrogen and oxygen atoms in total. The van der Waals surface area contributed by atoms with Crippen LogP contribution in [0.15, 0.2) is 334 Å². The summed E-state index contributed by atoms with van der Waals surface area (Å²) in [5.41, 5.74) is 34.6. The Bertz CT molecular complexity index is 8630. The van der Waals surface area contributed by atoms with Crippen LogP contribution in [-0.2, 0) is 85.6 Å². The van der Waals surface area contributed by atoms with E-state index in [0.29, 0.717) is 5.92 Å². The van der Waals surface area contributed by atoms with E-state index in [1.807, 2.05) is 107 Å². The summed E-state index contributed by atoms with van der Waals surface area (Å²) < 4.78 is 0. The van der Waals surface area contributed by atoms with Crippen LogP contribution >= 0.6 is 31.7 Å². The molecule has 702 valence electrons. The molecule has 24 heteroatoms. The van der Waals surface area contributed by atoms with Crippen LogP contribution in [0.4, 0.5) is 0 Å². The normalized spacial score (nSPS) is 14.0. The van der Waals surface area contributed by atoms with Crippen LogP contribution in [0.5, 0.6) is 0 Å². The van der Waals surface area contributed by atoms with Crippen molar-refractivity contribution in [3.05, 3.63) is 362 Å². The van der Waals surface area contributed by atoms with Gasteiger partial charge in [0, 0.05) is 88.8 Å². The largest absolute Gasteiger partial charge is 1.00 e. The average molecular weight is 2640 g/mol. The third kappa shape index (κ3) is 18.3. The third-order valence-electron chi connectivity index (χ3n) is 27.1. The van der Waals surface area contributed by atoms with E-state index in [0.717, 1.165) is 186 Å². The molecule has 143 heavy (non-hydrogen) atoms. The van der Waals surface area contributed by atoms with Gasteiger partial charge in [0.2, 0.25) is 0 Å². The van der Waals surface area contributed by atoms with Gasteiger partial charge in [0.25, 0.3) is 0 Å². The molecule has 4 radical (unpaired) electrons. The standard InChI is InChI=1S/C34H28N4P.C31H22N4P.C29H26N4P.C25H18N4P.4Os/c1-21-29(22-13-6-5-7-14-22)31(38-37-21)30-25-16-8-10-19-27(25)35-33(36-30)26-18-12-17-24-23-15-9-11-20-28(23)39(32(24)26)34(2,3)4;1-19-27(20-11-4-3-5-12-20)29(35-34-19)28-23-14-6-8-17-25(23)32-31(33-28)24-16-10-15-22-21-13-7-9-18-26(21)36(2)30(22)24;1-17(2)14-19-12-13-22-24(16-19)30-29(31-27(22)25-15-18(3)32-33-25)23-10-7-9-21-20-8-5-6-11-26(20)34(4)28(21)23;1-15-14-21(29-28-15)23-18-9-3-5-12-20(18)26-25(27-23)19-11-7-10-17-16-8-4-6-13-22(16)30(2)24(17)19;;;;/h5-20H,1-4H3;3-18H,1-2H3;5-13,15-17H,14H2,1-4H3;3-14H,1-2H3;;;;/q4*-1;4*+1/p+4. The molecule has 4 aliphatic rings. The molecule has 4 aliphatic heterocycles. The van der Waals surface area contributed by atoms with E-state index in [4.69, 9.17) is 39.9 Å². The van der Waals surface area contributed by atoms with Crippen LogP contribution in [0.25, 0.3) is 201 Å². The number of hydrogen-bond acceptors (Lipinski definition) is 12. The molecule has 22 aromatic rings. The molecule has 0 spiro atoms. The van der Waals surface area contributed by atoms with Crippen molar-refractivity contribution < 1.29 is 79.2 Å². The Balaban J connectivity index is 0.000000120. The van der Waals surface area contributed by atoms with Gasteiger partial charge in [0.15, 0.2) is 23.3 Å². The average Bonchev–Trinajstić information content (AvgIpc) is 1.56. The van der Waals surface area contributed by atoms with Crippen molar-refractivity contribution in [2.75, 3.05) is 20.0 Å². The van der Waals surface area contributed by atoms with Crippen molar-refractivity contribution in [2.24, 2.45) is 5.92 Å². The number of hydrogen-bond donors (Lipinski definition) is 0. The summed E-state index contributed by atoms with van der Waals surface area (Å²) in [4.78, 5) is 41.0. The van der Waals surface area contributed by atoms with Gasteiger partial charge in [0.1, 0.15) is 42.4 Å². The topological polar surface area (TPSA) is 211 Å². The van der Waals surface area contributed by atoms with Gasteiger partial charge in [-0.1, -0.05) is 297 Å². The van der Waals surface area contributed by atoms with E-state index >= 15 is 0 Å². The Hall–Kier alpha value is -12.5. The summed E-state index contributed by atoms with van der Waals surface area (Å²) in [5, 5.41) is 51.1. The van der Waals surface area contributed by atoms with Crippen molar-refractivity contribution in [3.8, 4) is 158 Å². The van der Waals surface area contributed by atoms with Gasteiger partial charge in [-0.15, -0.1) is 0 Å². The number of benzene rings is 14. The van der Waals surface area contributed by atoms with Crippen LogP contribution in [0.2, 0.25) is 0 Å². The zero-order valence-electron chi connectivity index (χ0n) is 80.6. The second-order valence-corrected chi connectivity index (χ2v) is 47.8. The first-order valence-electron chi connectivity index (χ1n) is 47.3. The van der Waals surface area contributed by atoms with Gasteiger partial charge in [-0.05, 0) is 161 Å². The van der Waals surface area contributed by atoms with E-state index in [1.165, 1.54) is 92.5 Å². The zero-order valence-corrected chi connectivity index (χ0v) is 94.8. The fourth-order valence-electron chi connectivity index (χ4n) is 21.0. The predicted molar refractivity (Wildman–Crippen MR) is 584 cm³/mol. The Labute approximate surface area is 889 Å². The van der Waals surface area contributed by atoms with Gasteiger partial charge in [0.05, 0.1) is 124 Å². The maximum absolute atomic E-state index is 5.30. The van der Waals surface area contributed by atoms with Crippen LogP contribution in [0.1, 0.15) is 63.0 Å². The minimum Gasteiger partial charge on any atom is -0.573 e. The summed E-state index contributed by atoms with van der Waals surface area (Å²) in [6.07, 6.45) is 1.03. The van der Waals surface area contributed by atoms with Crippen LogP contribution in [0, 0.1) is 33.6 Å². The molecule has 14 aromatic carbocycles. The first-order chi connectivity index (χ1) is 67.8. The molecule has 26 rings (SSSR count). The van der Waals surface area contributed by atoms with Gasteiger partial charge in [-0.25, -0.2) is 39.9 Å². The molecular weight excluding hydrogens is 2540 g/mol. The molecule has 12 heterocycles. The van der Waals surface area contributed by atoms with Gasteiger partial charge in [-0.3, -0.25) is 0 Å². The maximum Gasteiger partial charge on any atom is 1.00 e. The molecule has 0 fully saturated rings. The first kappa shape index (κ1) is 99.3. The Morgan fingerprint density at radius 1 is 0.273 bits per heavy atom. The molecule has 4 unspecified atom stereocenters.